The summed E-state index contributed by atoms with van der Waals surface area (Å²) in [7, 11) is 0. The van der Waals surface area contributed by atoms with Crippen LogP contribution in [0.15, 0.2) is 12.1 Å². The lowest BCUT2D eigenvalue weighted by molar-refractivity contribution is -0.384. The smallest absolute Gasteiger partial charge is 0.295 e. The van der Waals surface area contributed by atoms with E-state index in [4.69, 9.17) is 4.74 Å². The van der Waals surface area contributed by atoms with E-state index < -0.39 is 22.2 Å². The number of hydrogen-bond donors (Lipinski definition) is 1. The molecule has 1 saturated carbocycles. The first-order chi connectivity index (χ1) is 9.58. The van der Waals surface area contributed by atoms with Crippen LogP contribution in [0.2, 0.25) is 0 Å². The highest BCUT2D eigenvalue weighted by molar-refractivity contribution is 5.63. The Morgan fingerprint density at radius 3 is 2.70 bits per heavy atom. The maximum Gasteiger partial charge on any atom is 0.295 e. The molecule has 0 bridgehead atoms. The summed E-state index contributed by atoms with van der Waals surface area (Å²) in [5.41, 5.74) is -0.832. The van der Waals surface area contributed by atoms with Gasteiger partial charge in [-0.3, -0.25) is 10.1 Å². The van der Waals surface area contributed by atoms with Crippen LogP contribution in [0.5, 0.6) is 0 Å². The lowest BCUT2D eigenvalue weighted by Gasteiger charge is -2.20. The Morgan fingerprint density at radius 1 is 1.30 bits per heavy atom. The number of benzene rings is 1. The van der Waals surface area contributed by atoms with Gasteiger partial charge < -0.3 is 10.1 Å². The van der Waals surface area contributed by atoms with Gasteiger partial charge in [0.15, 0.2) is 17.3 Å². The summed E-state index contributed by atoms with van der Waals surface area (Å²) in [6.45, 7) is 0.531. The van der Waals surface area contributed by atoms with E-state index in [-0.39, 0.29) is 17.8 Å². The van der Waals surface area contributed by atoms with Crippen LogP contribution < -0.4 is 5.32 Å². The topological polar surface area (TPSA) is 64.4 Å². The van der Waals surface area contributed by atoms with Gasteiger partial charge in [-0.05, 0) is 31.2 Å². The molecule has 1 heterocycles. The van der Waals surface area contributed by atoms with E-state index in [1.54, 1.807) is 0 Å². The van der Waals surface area contributed by atoms with Gasteiger partial charge in [-0.2, -0.15) is 0 Å². The lowest BCUT2D eigenvalue weighted by atomic mass is 10.1. The molecule has 2 aliphatic rings. The third kappa shape index (κ3) is 2.33. The van der Waals surface area contributed by atoms with Gasteiger partial charge in [-0.1, -0.05) is 0 Å². The number of nitro benzene ring substituents is 1. The Hall–Kier alpha value is -1.76. The zero-order valence-electron chi connectivity index (χ0n) is 10.6. The van der Waals surface area contributed by atoms with Crippen molar-refractivity contribution in [1.29, 1.82) is 0 Å². The summed E-state index contributed by atoms with van der Waals surface area (Å²) in [6, 6.07) is 1.53. The molecule has 7 heteroatoms. The van der Waals surface area contributed by atoms with E-state index in [2.05, 4.69) is 5.32 Å². The summed E-state index contributed by atoms with van der Waals surface area (Å²) in [5.74, 6) is -1.88. The summed E-state index contributed by atoms with van der Waals surface area (Å²) < 4.78 is 32.7. The van der Waals surface area contributed by atoms with Crippen LogP contribution >= 0.6 is 0 Å². The summed E-state index contributed by atoms with van der Waals surface area (Å²) >= 11 is 0. The van der Waals surface area contributed by atoms with E-state index in [0.29, 0.717) is 18.9 Å². The molecule has 0 amide bonds. The number of rotatable bonds is 4. The minimum atomic E-state index is -1.21. The molecule has 1 aliphatic heterocycles. The molecule has 2 fully saturated rings. The molecule has 2 atom stereocenters. The summed E-state index contributed by atoms with van der Waals surface area (Å²) in [6.07, 6.45) is 2.67. The monoisotopic (exact) mass is 284 g/mol. The van der Waals surface area contributed by atoms with E-state index in [9.17, 15) is 18.9 Å². The Kier molecular flexibility index (Phi) is 3.29. The van der Waals surface area contributed by atoms with Gasteiger partial charge in [0.05, 0.1) is 17.1 Å². The average Bonchev–Trinajstić information content (AvgIpc) is 3.15. The molecule has 3 rings (SSSR count). The van der Waals surface area contributed by atoms with E-state index in [1.807, 2.05) is 0 Å². The third-order valence-corrected chi connectivity index (χ3v) is 3.82. The Labute approximate surface area is 114 Å². The first kappa shape index (κ1) is 13.2. The number of nitrogens with one attached hydrogen (secondary N) is 1. The van der Waals surface area contributed by atoms with Crippen LogP contribution in [0, 0.1) is 27.7 Å². The molecule has 0 spiro atoms. The van der Waals surface area contributed by atoms with Crippen LogP contribution in [-0.2, 0) is 4.74 Å². The molecule has 5 nitrogen and oxygen atoms in total. The number of ether oxygens (including phenoxy) is 1. The number of nitrogens with zero attached hydrogens (tertiary/aromatic N) is 1. The molecular weight excluding hydrogens is 270 g/mol. The SMILES string of the molecule is O=[N+]([O-])c1ccc(F)c(F)c1NC1CCOC1C1CC1. The fourth-order valence-corrected chi connectivity index (χ4v) is 2.67. The highest BCUT2D eigenvalue weighted by Crippen LogP contribution is 2.40. The quantitative estimate of drug-likeness (QED) is 0.682. The molecular formula is C13H14F2N2O3. The normalized spacial score (nSPS) is 25.7. The largest absolute Gasteiger partial charge is 0.376 e. The van der Waals surface area contributed by atoms with Gasteiger partial charge in [0.25, 0.3) is 5.69 Å². The first-order valence-corrected chi connectivity index (χ1v) is 6.58. The first-order valence-electron chi connectivity index (χ1n) is 6.58. The maximum absolute atomic E-state index is 13.8. The van der Waals surface area contributed by atoms with Crippen molar-refractivity contribution in [1.82, 2.24) is 0 Å². The van der Waals surface area contributed by atoms with Gasteiger partial charge in [0.2, 0.25) is 0 Å². The van der Waals surface area contributed by atoms with Crippen LogP contribution in [0.3, 0.4) is 0 Å². The van der Waals surface area contributed by atoms with Gasteiger partial charge in [0, 0.05) is 12.7 Å². The predicted molar refractivity (Wildman–Crippen MR) is 67.5 cm³/mol. The number of nitro groups is 1. The highest BCUT2D eigenvalue weighted by atomic mass is 19.2. The van der Waals surface area contributed by atoms with Crippen LogP contribution in [0.25, 0.3) is 0 Å². The van der Waals surface area contributed by atoms with Crippen molar-refractivity contribution in [3.05, 3.63) is 33.9 Å². The van der Waals surface area contributed by atoms with Crippen molar-refractivity contribution in [3.63, 3.8) is 0 Å². The molecule has 0 aromatic heterocycles. The van der Waals surface area contributed by atoms with Crippen molar-refractivity contribution in [2.45, 2.75) is 31.4 Å². The Balaban J connectivity index is 1.89. The Morgan fingerprint density at radius 2 is 2.05 bits per heavy atom. The van der Waals surface area contributed by atoms with Crippen molar-refractivity contribution in [3.8, 4) is 0 Å². The summed E-state index contributed by atoms with van der Waals surface area (Å²) in [4.78, 5) is 10.2. The molecule has 1 aromatic rings. The summed E-state index contributed by atoms with van der Waals surface area (Å²) in [5, 5.41) is 13.7. The molecule has 0 radical (unpaired) electrons. The molecule has 1 aliphatic carbocycles. The van der Waals surface area contributed by atoms with Gasteiger partial charge >= 0.3 is 0 Å². The second-order valence-corrected chi connectivity index (χ2v) is 5.22. The molecule has 108 valence electrons. The average molecular weight is 284 g/mol. The maximum atomic E-state index is 13.8. The number of anilines is 1. The molecule has 1 N–H and O–H groups in total. The minimum absolute atomic E-state index is 0.0720. The van der Waals surface area contributed by atoms with E-state index in [0.717, 1.165) is 25.0 Å². The van der Waals surface area contributed by atoms with Crippen molar-refractivity contribution in [2.24, 2.45) is 5.92 Å². The number of halogens is 2. The van der Waals surface area contributed by atoms with Crippen LogP contribution in [0.1, 0.15) is 19.3 Å². The van der Waals surface area contributed by atoms with Crippen LogP contribution in [0.4, 0.5) is 20.2 Å². The van der Waals surface area contributed by atoms with Gasteiger partial charge in [0.1, 0.15) is 0 Å². The standard InChI is InChI=1S/C13H14F2N2O3/c14-8-3-4-10(17(18)19)12(11(8)15)16-9-5-6-20-13(9)7-1-2-7/h3-4,7,9,13,16H,1-2,5-6H2. The van der Waals surface area contributed by atoms with Crippen LogP contribution in [-0.4, -0.2) is 23.7 Å². The second kappa shape index (κ2) is 4.97. The fourth-order valence-electron chi connectivity index (χ4n) is 2.67. The fraction of sp³-hybridized carbons (Fsp3) is 0.538. The van der Waals surface area contributed by atoms with Crippen molar-refractivity contribution >= 4 is 11.4 Å². The van der Waals surface area contributed by atoms with Crippen molar-refractivity contribution in [2.75, 3.05) is 11.9 Å². The predicted octanol–water partition coefficient (Wildman–Crippen LogP) is 2.85. The van der Waals surface area contributed by atoms with Gasteiger partial charge in [-0.25, -0.2) is 8.78 Å². The van der Waals surface area contributed by atoms with E-state index >= 15 is 0 Å². The lowest BCUT2D eigenvalue weighted by Crippen LogP contribution is -2.31. The molecule has 20 heavy (non-hydrogen) atoms. The second-order valence-electron chi connectivity index (χ2n) is 5.22. The van der Waals surface area contributed by atoms with Gasteiger partial charge in [-0.15, -0.1) is 0 Å². The van der Waals surface area contributed by atoms with E-state index in [1.165, 1.54) is 0 Å². The zero-order valence-corrected chi connectivity index (χ0v) is 10.6. The minimum Gasteiger partial charge on any atom is -0.376 e. The zero-order chi connectivity index (χ0) is 14.3. The molecule has 1 aromatic carbocycles. The third-order valence-electron chi connectivity index (χ3n) is 3.82. The Bertz CT molecular complexity index is 549. The molecule has 2 unspecified atom stereocenters. The van der Waals surface area contributed by atoms with Crippen molar-refractivity contribution < 1.29 is 18.4 Å². The number of hydrogen-bond acceptors (Lipinski definition) is 4. The molecule has 1 saturated heterocycles. The highest BCUT2D eigenvalue weighted by Gasteiger charge is 2.41.